The minimum atomic E-state index is -0.0110. The molecule has 4 heteroatoms. The first-order valence-electron chi connectivity index (χ1n) is 6.54. The standard InChI is InChI=1S/C15H17NO3/c1-16-7-6-10(12(16)9-17)15-8-13(18)11-4-2-3-5-14(11)19-15/h2-5,8,10,12,17H,6-7,9H2,1H3. The van der Waals surface area contributed by atoms with Gasteiger partial charge in [-0.15, -0.1) is 0 Å². The Kier molecular flexibility index (Phi) is 3.12. The maximum Gasteiger partial charge on any atom is 0.192 e. The molecule has 4 nitrogen and oxygen atoms in total. The summed E-state index contributed by atoms with van der Waals surface area (Å²) in [6, 6.07) is 8.89. The second-order valence-electron chi connectivity index (χ2n) is 5.13. The second kappa shape index (κ2) is 4.79. The number of rotatable bonds is 2. The van der Waals surface area contributed by atoms with Crippen molar-refractivity contribution >= 4 is 11.0 Å². The third-order valence-electron chi connectivity index (χ3n) is 4.03. The molecule has 2 aromatic rings. The Labute approximate surface area is 111 Å². The van der Waals surface area contributed by atoms with Crippen LogP contribution in [0, 0.1) is 0 Å². The lowest BCUT2D eigenvalue weighted by atomic mass is 9.97. The van der Waals surface area contributed by atoms with Crippen LogP contribution in [-0.2, 0) is 0 Å². The Morgan fingerprint density at radius 1 is 1.42 bits per heavy atom. The molecule has 0 spiro atoms. The van der Waals surface area contributed by atoms with Gasteiger partial charge in [0.25, 0.3) is 0 Å². The van der Waals surface area contributed by atoms with Gasteiger partial charge in [0.2, 0.25) is 0 Å². The summed E-state index contributed by atoms with van der Waals surface area (Å²) in [5.74, 6) is 0.777. The summed E-state index contributed by atoms with van der Waals surface area (Å²) in [6.45, 7) is 0.990. The molecule has 2 unspecified atom stereocenters. The Morgan fingerprint density at radius 2 is 2.21 bits per heavy atom. The highest BCUT2D eigenvalue weighted by Crippen LogP contribution is 2.32. The zero-order valence-corrected chi connectivity index (χ0v) is 10.9. The van der Waals surface area contributed by atoms with Crippen LogP contribution in [0.25, 0.3) is 11.0 Å². The van der Waals surface area contributed by atoms with E-state index in [9.17, 15) is 9.90 Å². The minimum Gasteiger partial charge on any atom is -0.460 e. The zero-order chi connectivity index (χ0) is 13.4. The number of aliphatic hydroxyl groups is 1. The lowest BCUT2D eigenvalue weighted by Gasteiger charge is -2.22. The molecule has 0 saturated carbocycles. The smallest absolute Gasteiger partial charge is 0.192 e. The van der Waals surface area contributed by atoms with Crippen molar-refractivity contribution in [2.45, 2.75) is 18.4 Å². The highest BCUT2D eigenvalue weighted by molar-refractivity contribution is 5.76. The van der Waals surface area contributed by atoms with Crippen molar-refractivity contribution in [3.05, 3.63) is 46.3 Å². The van der Waals surface area contributed by atoms with Crippen LogP contribution in [-0.4, -0.2) is 36.2 Å². The van der Waals surface area contributed by atoms with Gasteiger partial charge < -0.3 is 14.4 Å². The number of likely N-dealkylation sites (N-methyl/N-ethyl adjacent to an activating group) is 1. The van der Waals surface area contributed by atoms with Gasteiger partial charge in [0, 0.05) is 18.0 Å². The third-order valence-corrected chi connectivity index (χ3v) is 4.03. The zero-order valence-electron chi connectivity index (χ0n) is 10.9. The number of hydrogen-bond acceptors (Lipinski definition) is 4. The van der Waals surface area contributed by atoms with Crippen molar-refractivity contribution in [1.82, 2.24) is 4.90 Å². The summed E-state index contributed by atoms with van der Waals surface area (Å²) < 4.78 is 5.87. The molecular weight excluding hydrogens is 242 g/mol. The van der Waals surface area contributed by atoms with Crippen molar-refractivity contribution < 1.29 is 9.52 Å². The number of likely N-dealkylation sites (tertiary alicyclic amines) is 1. The molecule has 0 amide bonds. The van der Waals surface area contributed by atoms with Gasteiger partial charge in [-0.2, -0.15) is 0 Å². The van der Waals surface area contributed by atoms with Gasteiger partial charge in [-0.1, -0.05) is 12.1 Å². The number of aliphatic hydroxyl groups excluding tert-OH is 1. The van der Waals surface area contributed by atoms with Crippen LogP contribution in [0.4, 0.5) is 0 Å². The highest BCUT2D eigenvalue weighted by Gasteiger charge is 2.34. The van der Waals surface area contributed by atoms with Crippen LogP contribution < -0.4 is 5.43 Å². The first kappa shape index (κ1) is 12.4. The number of nitrogens with zero attached hydrogens (tertiary/aromatic N) is 1. The van der Waals surface area contributed by atoms with E-state index in [1.165, 1.54) is 0 Å². The molecule has 1 N–H and O–H groups in total. The van der Waals surface area contributed by atoms with Gasteiger partial charge in [0.1, 0.15) is 11.3 Å². The van der Waals surface area contributed by atoms with Gasteiger partial charge >= 0.3 is 0 Å². The summed E-state index contributed by atoms with van der Waals surface area (Å²) in [5, 5.41) is 10.1. The van der Waals surface area contributed by atoms with Crippen LogP contribution in [0.15, 0.2) is 39.5 Å². The largest absolute Gasteiger partial charge is 0.460 e. The van der Waals surface area contributed by atoms with Crippen LogP contribution in [0.2, 0.25) is 0 Å². The summed E-state index contributed by atoms with van der Waals surface area (Å²) in [4.78, 5) is 14.2. The SMILES string of the molecule is CN1CCC(c2cc(=O)c3ccccc3o2)C1CO. The highest BCUT2D eigenvalue weighted by atomic mass is 16.3. The van der Waals surface area contributed by atoms with E-state index in [0.717, 1.165) is 13.0 Å². The molecule has 1 saturated heterocycles. The van der Waals surface area contributed by atoms with Crippen LogP contribution in [0.3, 0.4) is 0 Å². The summed E-state index contributed by atoms with van der Waals surface area (Å²) in [5.41, 5.74) is 0.610. The van der Waals surface area contributed by atoms with Crippen LogP contribution >= 0.6 is 0 Å². The van der Waals surface area contributed by atoms with Crippen LogP contribution in [0.5, 0.6) is 0 Å². The fourth-order valence-corrected chi connectivity index (χ4v) is 2.91. The first-order chi connectivity index (χ1) is 9.20. The second-order valence-corrected chi connectivity index (χ2v) is 5.13. The molecule has 2 heterocycles. The Hall–Kier alpha value is -1.65. The number of fused-ring (bicyclic) bond motifs is 1. The molecule has 2 atom stereocenters. The fourth-order valence-electron chi connectivity index (χ4n) is 2.91. The van der Waals surface area contributed by atoms with Crippen molar-refractivity contribution in [3.63, 3.8) is 0 Å². The van der Waals surface area contributed by atoms with Gasteiger partial charge in [0.05, 0.1) is 12.0 Å². The monoisotopic (exact) mass is 259 g/mol. The molecule has 1 aliphatic heterocycles. The third kappa shape index (κ3) is 2.07. The molecule has 0 aliphatic carbocycles. The lowest BCUT2D eigenvalue weighted by Crippen LogP contribution is -2.32. The maximum absolute atomic E-state index is 12.1. The molecular formula is C15H17NO3. The summed E-state index contributed by atoms with van der Waals surface area (Å²) in [6.07, 6.45) is 0.906. The van der Waals surface area contributed by atoms with E-state index < -0.39 is 0 Å². The predicted molar refractivity (Wildman–Crippen MR) is 73.3 cm³/mol. The minimum absolute atomic E-state index is 0.0110. The average Bonchev–Trinajstić information content (AvgIpc) is 2.80. The van der Waals surface area contributed by atoms with Crippen molar-refractivity contribution in [3.8, 4) is 0 Å². The molecule has 0 bridgehead atoms. The van der Waals surface area contributed by atoms with E-state index in [-0.39, 0.29) is 24.0 Å². The van der Waals surface area contributed by atoms with E-state index in [2.05, 4.69) is 4.90 Å². The molecule has 1 aromatic heterocycles. The molecule has 1 aromatic carbocycles. The van der Waals surface area contributed by atoms with E-state index in [1.54, 1.807) is 12.1 Å². The van der Waals surface area contributed by atoms with Gasteiger partial charge in [-0.3, -0.25) is 4.79 Å². The maximum atomic E-state index is 12.1. The van der Waals surface area contributed by atoms with Crippen molar-refractivity contribution in [2.75, 3.05) is 20.2 Å². The van der Waals surface area contributed by atoms with Gasteiger partial charge in [-0.25, -0.2) is 0 Å². The summed E-state index contributed by atoms with van der Waals surface area (Å²) in [7, 11) is 1.99. The normalized spacial score (nSPS) is 24.1. The van der Waals surface area contributed by atoms with E-state index in [1.807, 2.05) is 25.2 Å². The Bertz CT molecular complexity index is 649. The number of hydrogen-bond donors (Lipinski definition) is 1. The topological polar surface area (TPSA) is 53.7 Å². The van der Waals surface area contributed by atoms with Crippen molar-refractivity contribution in [1.29, 1.82) is 0 Å². The Balaban J connectivity index is 2.08. The van der Waals surface area contributed by atoms with Crippen molar-refractivity contribution in [2.24, 2.45) is 0 Å². The molecule has 1 aliphatic rings. The van der Waals surface area contributed by atoms with Gasteiger partial charge in [0.15, 0.2) is 5.43 Å². The molecule has 0 radical (unpaired) electrons. The molecule has 3 rings (SSSR count). The Morgan fingerprint density at radius 3 is 3.00 bits per heavy atom. The van der Waals surface area contributed by atoms with Gasteiger partial charge in [-0.05, 0) is 32.1 Å². The quantitative estimate of drug-likeness (QED) is 0.889. The lowest BCUT2D eigenvalue weighted by molar-refractivity contribution is 0.167. The predicted octanol–water partition coefficient (Wildman–Crippen LogP) is 1.57. The summed E-state index contributed by atoms with van der Waals surface area (Å²) >= 11 is 0. The van der Waals surface area contributed by atoms with E-state index >= 15 is 0 Å². The molecule has 1 fully saturated rings. The first-order valence-corrected chi connectivity index (χ1v) is 6.54. The molecule has 100 valence electrons. The average molecular weight is 259 g/mol. The van der Waals surface area contributed by atoms with E-state index in [4.69, 9.17) is 4.42 Å². The fraction of sp³-hybridized carbons (Fsp3) is 0.400. The number of benzene rings is 1. The van der Waals surface area contributed by atoms with Crippen LogP contribution in [0.1, 0.15) is 18.1 Å². The van der Waals surface area contributed by atoms with E-state index in [0.29, 0.717) is 16.7 Å². The number of para-hydroxylation sites is 1. The molecule has 19 heavy (non-hydrogen) atoms.